The van der Waals surface area contributed by atoms with E-state index in [0.29, 0.717) is 0 Å². The molecular formula is C19H17BN4O2. The Morgan fingerprint density at radius 3 is 2.96 bits per heavy atom. The van der Waals surface area contributed by atoms with Gasteiger partial charge in [-0.2, -0.15) is 5.10 Å². The van der Waals surface area contributed by atoms with Crippen molar-refractivity contribution >= 4 is 41.1 Å². The van der Waals surface area contributed by atoms with Crippen LogP contribution in [0.1, 0.15) is 11.1 Å². The average molecular weight is 344 g/mol. The fraction of sp³-hybridized carbons (Fsp3) is 0.105. The van der Waals surface area contributed by atoms with E-state index < -0.39 is 7.05 Å². The van der Waals surface area contributed by atoms with Crippen LogP contribution in [0.25, 0.3) is 10.8 Å². The van der Waals surface area contributed by atoms with Gasteiger partial charge < -0.3 is 15.3 Å². The molecule has 128 valence electrons. The second kappa shape index (κ2) is 6.61. The Labute approximate surface area is 151 Å². The maximum atomic E-state index is 12.4. The number of hydrogen-bond acceptors (Lipinski definition) is 5. The topological polar surface area (TPSA) is 77.8 Å². The van der Waals surface area contributed by atoms with Crippen molar-refractivity contribution in [1.82, 2.24) is 9.90 Å². The van der Waals surface area contributed by atoms with Gasteiger partial charge in [-0.25, -0.2) is 0 Å². The summed E-state index contributed by atoms with van der Waals surface area (Å²) in [5.74, 6) is -0.106. The molecule has 26 heavy (non-hydrogen) atoms. The molecular weight excluding hydrogens is 327 g/mol. The summed E-state index contributed by atoms with van der Waals surface area (Å²) in [7, 11) is 0.908. The number of hydrogen-bond donors (Lipinski definition) is 2. The third kappa shape index (κ3) is 3.17. The van der Waals surface area contributed by atoms with E-state index in [1.165, 1.54) is 4.92 Å². The van der Waals surface area contributed by atoms with Crippen molar-refractivity contribution in [2.24, 2.45) is 5.10 Å². The molecule has 0 fully saturated rings. The highest BCUT2D eigenvalue weighted by molar-refractivity contribution is 6.65. The largest absolute Gasteiger partial charge is 0.466 e. The molecule has 0 saturated carbocycles. The number of benzene rings is 2. The number of amides is 1. The number of carbonyl (C=O) groups excluding carboxylic acids is 1. The molecule has 0 bridgehead atoms. The predicted octanol–water partition coefficient (Wildman–Crippen LogP) is 1.38. The summed E-state index contributed by atoms with van der Waals surface area (Å²) < 4.78 is 0. The fourth-order valence-electron chi connectivity index (χ4n) is 3.04. The van der Waals surface area contributed by atoms with E-state index in [2.05, 4.69) is 15.4 Å². The van der Waals surface area contributed by atoms with Crippen LogP contribution >= 0.6 is 0 Å². The minimum Gasteiger partial charge on any atom is -0.428 e. The van der Waals surface area contributed by atoms with E-state index in [1.54, 1.807) is 25.7 Å². The molecule has 0 unspecified atom stereocenters. The van der Waals surface area contributed by atoms with Crippen molar-refractivity contribution in [3.63, 3.8) is 0 Å². The summed E-state index contributed by atoms with van der Waals surface area (Å²) in [6.07, 6.45) is 5.46. The van der Waals surface area contributed by atoms with Gasteiger partial charge in [-0.3, -0.25) is 9.78 Å². The van der Waals surface area contributed by atoms with Gasteiger partial charge in [0.15, 0.2) is 0 Å². The molecule has 1 aromatic heterocycles. The number of nitrogens with one attached hydrogen (secondary N) is 1. The van der Waals surface area contributed by atoms with E-state index in [4.69, 9.17) is 0 Å². The number of hydrazone groups is 1. The van der Waals surface area contributed by atoms with Gasteiger partial charge in [-0.15, -0.1) is 0 Å². The smallest absolute Gasteiger partial charge is 0.428 e. The van der Waals surface area contributed by atoms with Crippen molar-refractivity contribution in [2.75, 3.05) is 12.4 Å². The molecule has 2 aromatic carbocycles. The van der Waals surface area contributed by atoms with Gasteiger partial charge in [0.25, 0.3) is 0 Å². The number of nitrogens with zero attached hydrogens (tertiary/aromatic N) is 3. The van der Waals surface area contributed by atoms with Crippen LogP contribution in [0.15, 0.2) is 60.0 Å². The number of fused-ring (bicyclic) bond motifs is 2. The first-order valence-electron chi connectivity index (χ1n) is 8.31. The van der Waals surface area contributed by atoms with E-state index in [9.17, 15) is 9.82 Å². The Bertz CT molecular complexity index is 1020. The highest BCUT2D eigenvalue weighted by atomic mass is 16.2. The Morgan fingerprint density at radius 1 is 1.19 bits per heavy atom. The molecule has 1 amide bonds. The van der Waals surface area contributed by atoms with Crippen molar-refractivity contribution in [2.45, 2.75) is 6.42 Å². The van der Waals surface area contributed by atoms with Gasteiger partial charge in [-0.05, 0) is 40.2 Å². The van der Waals surface area contributed by atoms with Crippen LogP contribution in [0.5, 0.6) is 0 Å². The van der Waals surface area contributed by atoms with E-state index in [1.807, 2.05) is 42.5 Å². The second-order valence-corrected chi connectivity index (χ2v) is 6.32. The molecule has 7 heteroatoms. The van der Waals surface area contributed by atoms with Gasteiger partial charge >= 0.3 is 7.05 Å². The highest BCUT2D eigenvalue weighted by Gasteiger charge is 2.26. The first-order chi connectivity index (χ1) is 12.6. The number of anilines is 1. The van der Waals surface area contributed by atoms with Crippen molar-refractivity contribution in [1.29, 1.82) is 0 Å². The molecule has 2 N–H and O–H groups in total. The van der Waals surface area contributed by atoms with Gasteiger partial charge in [0.05, 0.1) is 12.6 Å². The van der Waals surface area contributed by atoms with Crippen molar-refractivity contribution in [3.8, 4) is 0 Å². The van der Waals surface area contributed by atoms with E-state index in [0.717, 1.165) is 33.0 Å². The number of aromatic nitrogens is 1. The fourth-order valence-corrected chi connectivity index (χ4v) is 3.04. The molecule has 0 radical (unpaired) electrons. The summed E-state index contributed by atoms with van der Waals surface area (Å²) in [5.41, 5.74) is 3.21. The lowest BCUT2D eigenvalue weighted by atomic mass is 9.69. The lowest BCUT2D eigenvalue weighted by Gasteiger charge is -2.23. The Kier molecular flexibility index (Phi) is 4.14. The molecule has 1 aliphatic rings. The summed E-state index contributed by atoms with van der Waals surface area (Å²) >= 11 is 0. The molecule has 0 atom stereocenters. The Hall–Kier alpha value is -3.19. The van der Waals surface area contributed by atoms with E-state index in [-0.39, 0.29) is 12.3 Å². The number of rotatable bonds is 3. The maximum Gasteiger partial charge on any atom is 0.466 e. The lowest BCUT2D eigenvalue weighted by Crippen LogP contribution is -2.48. The summed E-state index contributed by atoms with van der Waals surface area (Å²) in [5, 5.41) is 19.3. The average Bonchev–Trinajstić information content (AvgIpc) is 2.65. The monoisotopic (exact) mass is 344 g/mol. The Morgan fingerprint density at radius 2 is 2.08 bits per heavy atom. The van der Waals surface area contributed by atoms with Crippen LogP contribution in [0.3, 0.4) is 0 Å². The van der Waals surface area contributed by atoms with Gasteiger partial charge in [0.2, 0.25) is 5.91 Å². The highest BCUT2D eigenvalue weighted by Crippen LogP contribution is 2.18. The molecule has 1 aliphatic heterocycles. The van der Waals surface area contributed by atoms with Gasteiger partial charge in [0, 0.05) is 30.5 Å². The summed E-state index contributed by atoms with van der Waals surface area (Å²) in [6.45, 7) is 0. The first kappa shape index (κ1) is 16.3. The zero-order chi connectivity index (χ0) is 18.1. The van der Waals surface area contributed by atoms with Crippen molar-refractivity contribution in [3.05, 3.63) is 66.0 Å². The second-order valence-electron chi connectivity index (χ2n) is 6.32. The molecule has 0 spiro atoms. The van der Waals surface area contributed by atoms with Crippen LogP contribution in [-0.2, 0) is 11.2 Å². The number of pyridine rings is 1. The standard InChI is InChI=1S/C19H17BN4O2/c1-24-20(26)18-8-13(2-3-16(18)12-22-24)9-19(25)23-17-5-4-15-11-21-7-6-14(15)10-17/h2-8,10-12,26H,9H2,1H3,(H,23,25). The molecule has 6 nitrogen and oxygen atoms in total. The van der Waals surface area contributed by atoms with Crippen LogP contribution < -0.4 is 10.8 Å². The summed E-state index contributed by atoms with van der Waals surface area (Å²) in [6, 6.07) is 13.2. The third-order valence-corrected chi connectivity index (χ3v) is 4.45. The van der Waals surface area contributed by atoms with E-state index >= 15 is 0 Å². The molecule has 3 aromatic rings. The third-order valence-electron chi connectivity index (χ3n) is 4.45. The molecule has 0 aliphatic carbocycles. The summed E-state index contributed by atoms with van der Waals surface area (Å²) in [4.78, 5) is 18.0. The maximum absolute atomic E-state index is 12.4. The van der Waals surface area contributed by atoms with Crippen LogP contribution in [0, 0.1) is 0 Å². The lowest BCUT2D eigenvalue weighted by molar-refractivity contribution is -0.115. The Balaban J connectivity index is 1.50. The molecule has 2 heterocycles. The zero-order valence-electron chi connectivity index (χ0n) is 14.3. The normalized spacial score (nSPS) is 13.0. The SMILES string of the molecule is CN1N=Cc2ccc(CC(=O)Nc3ccc4cnccc4c3)cc2B1O. The first-order valence-corrected chi connectivity index (χ1v) is 8.31. The van der Waals surface area contributed by atoms with Crippen molar-refractivity contribution < 1.29 is 9.82 Å². The zero-order valence-corrected chi connectivity index (χ0v) is 14.3. The number of carbonyl (C=O) groups is 1. The van der Waals surface area contributed by atoms with Gasteiger partial charge in [-0.1, -0.05) is 24.3 Å². The van der Waals surface area contributed by atoms with Crippen LogP contribution in [0.2, 0.25) is 0 Å². The minimum absolute atomic E-state index is 0.106. The van der Waals surface area contributed by atoms with Gasteiger partial charge in [0.1, 0.15) is 0 Å². The predicted molar refractivity (Wildman–Crippen MR) is 103 cm³/mol. The minimum atomic E-state index is -0.799. The van der Waals surface area contributed by atoms with Crippen LogP contribution in [-0.4, -0.2) is 41.1 Å². The van der Waals surface area contributed by atoms with Crippen LogP contribution in [0.4, 0.5) is 5.69 Å². The molecule has 4 rings (SSSR count). The molecule has 0 saturated heterocycles. The quantitative estimate of drug-likeness (QED) is 0.704.